The van der Waals surface area contributed by atoms with Gasteiger partial charge in [-0.1, -0.05) is 0 Å². The molecule has 0 unspecified atom stereocenters. The fourth-order valence-corrected chi connectivity index (χ4v) is 2.70. The summed E-state index contributed by atoms with van der Waals surface area (Å²) < 4.78 is 21.4. The fourth-order valence-electron chi connectivity index (χ4n) is 2.70. The van der Waals surface area contributed by atoms with Crippen LogP contribution in [0.1, 0.15) is 19.4 Å². The molecule has 0 saturated heterocycles. The molecule has 2 aromatic carbocycles. The monoisotopic (exact) mass is 486 g/mol. The second kappa shape index (κ2) is 14.9. The van der Waals surface area contributed by atoms with Crippen molar-refractivity contribution >= 4 is 29.6 Å². The van der Waals surface area contributed by atoms with Gasteiger partial charge in [0.1, 0.15) is 5.75 Å². The molecule has 0 fully saturated rings. The average molecular weight is 487 g/mol. The molecule has 11 nitrogen and oxygen atoms in total. The number of methoxy groups -OCH3 is 1. The molecule has 3 N–H and O–H groups in total. The van der Waals surface area contributed by atoms with Crippen molar-refractivity contribution in [1.82, 2.24) is 10.7 Å². The molecule has 188 valence electrons. The first-order chi connectivity index (χ1) is 17.0. The lowest BCUT2D eigenvalue weighted by Crippen LogP contribution is -2.39. The van der Waals surface area contributed by atoms with Crippen molar-refractivity contribution in [2.24, 2.45) is 5.10 Å². The smallest absolute Gasteiger partial charge is 0.329 e. The highest BCUT2D eigenvalue weighted by molar-refractivity contribution is 6.35. The molecule has 0 heterocycles. The van der Waals surface area contributed by atoms with Crippen LogP contribution in [0, 0.1) is 0 Å². The largest absolute Gasteiger partial charge is 0.494 e. The van der Waals surface area contributed by atoms with Crippen molar-refractivity contribution in [3.63, 3.8) is 0 Å². The van der Waals surface area contributed by atoms with E-state index in [-0.39, 0.29) is 19.1 Å². The molecular weight excluding hydrogens is 456 g/mol. The maximum atomic E-state index is 12.3. The number of hydrogen-bond acceptors (Lipinski definition) is 8. The number of carbonyl (C=O) groups excluding carboxylic acids is 3. The third kappa shape index (κ3) is 9.72. The molecule has 11 heteroatoms. The maximum absolute atomic E-state index is 12.3. The number of nitrogens with one attached hydrogen (secondary N) is 3. The van der Waals surface area contributed by atoms with Crippen LogP contribution in [-0.2, 0) is 19.1 Å². The highest BCUT2D eigenvalue weighted by Gasteiger charge is 2.12. The van der Waals surface area contributed by atoms with Gasteiger partial charge in [0, 0.05) is 19.3 Å². The number of nitrogens with zero attached hydrogens (tertiary/aromatic N) is 1. The van der Waals surface area contributed by atoms with Gasteiger partial charge < -0.3 is 29.6 Å². The summed E-state index contributed by atoms with van der Waals surface area (Å²) in [5.74, 6) is -0.575. The van der Waals surface area contributed by atoms with E-state index >= 15 is 0 Å². The quantitative estimate of drug-likeness (QED) is 0.170. The molecule has 0 atom stereocenters. The van der Waals surface area contributed by atoms with Crippen LogP contribution < -0.4 is 30.3 Å². The van der Waals surface area contributed by atoms with E-state index in [0.717, 1.165) is 5.75 Å². The summed E-state index contributed by atoms with van der Waals surface area (Å²) in [5.41, 5.74) is 3.34. The number of carbonyl (C=O) groups is 3. The predicted molar refractivity (Wildman–Crippen MR) is 130 cm³/mol. The lowest BCUT2D eigenvalue weighted by atomic mass is 10.2. The Morgan fingerprint density at radius 2 is 1.66 bits per heavy atom. The van der Waals surface area contributed by atoms with E-state index in [2.05, 4.69) is 21.2 Å². The van der Waals surface area contributed by atoms with Crippen molar-refractivity contribution in [3.05, 3.63) is 48.0 Å². The van der Waals surface area contributed by atoms with Crippen molar-refractivity contribution in [1.29, 1.82) is 0 Å². The minimum Gasteiger partial charge on any atom is -0.494 e. The number of benzene rings is 2. The van der Waals surface area contributed by atoms with Gasteiger partial charge in [0.2, 0.25) is 0 Å². The molecule has 0 saturated carbocycles. The summed E-state index contributed by atoms with van der Waals surface area (Å²) in [7, 11) is 1.49. The molecule has 35 heavy (non-hydrogen) atoms. The van der Waals surface area contributed by atoms with Gasteiger partial charge in [-0.2, -0.15) is 5.10 Å². The Hall–Kier alpha value is -4.12. The lowest BCUT2D eigenvalue weighted by molar-refractivity contribution is -0.139. The van der Waals surface area contributed by atoms with Crippen molar-refractivity contribution in [2.75, 3.05) is 45.4 Å². The van der Waals surface area contributed by atoms with Gasteiger partial charge in [-0.3, -0.25) is 14.4 Å². The molecule has 0 bridgehead atoms. The summed E-state index contributed by atoms with van der Waals surface area (Å²) in [5, 5.41) is 8.91. The first-order valence-corrected chi connectivity index (χ1v) is 11.0. The summed E-state index contributed by atoms with van der Waals surface area (Å²) in [4.78, 5) is 35.6. The molecule has 0 aliphatic carbocycles. The number of ether oxygens (including phenoxy) is 4. The highest BCUT2D eigenvalue weighted by atomic mass is 16.5. The lowest BCUT2D eigenvalue weighted by Gasteiger charge is -2.13. The normalized spacial score (nSPS) is 10.5. The van der Waals surface area contributed by atoms with Gasteiger partial charge >= 0.3 is 11.8 Å². The fraction of sp³-hybridized carbons (Fsp3) is 0.333. The summed E-state index contributed by atoms with van der Waals surface area (Å²) >= 11 is 0. The maximum Gasteiger partial charge on any atom is 0.329 e. The van der Waals surface area contributed by atoms with Crippen LogP contribution in [-0.4, -0.2) is 64.0 Å². The Balaban J connectivity index is 1.91. The standard InChI is InChI=1S/C24H30N4O7/c1-4-33-19-9-7-18(8-10-19)27-22(29)16-35-20-11-6-17(14-21(20)34-5-2)15-26-28-24(31)23(30)25-12-13-32-3/h6-11,14-15H,4-5,12-13,16H2,1-3H3,(H,25,30)(H,27,29)(H,28,31)/b26-15-. The van der Waals surface area contributed by atoms with E-state index < -0.39 is 11.8 Å². The second-order valence-electron chi connectivity index (χ2n) is 6.88. The minimum absolute atomic E-state index is 0.212. The van der Waals surface area contributed by atoms with Gasteiger partial charge in [0.15, 0.2) is 18.1 Å². The van der Waals surface area contributed by atoms with E-state index in [1.165, 1.54) is 13.3 Å². The molecule has 0 radical (unpaired) electrons. The van der Waals surface area contributed by atoms with Gasteiger partial charge in [-0.25, -0.2) is 5.43 Å². The zero-order chi connectivity index (χ0) is 25.5. The molecule has 0 aliphatic heterocycles. The molecule has 0 spiro atoms. The molecule has 0 aliphatic rings. The Kier molecular flexibility index (Phi) is 11.6. The van der Waals surface area contributed by atoms with Crippen LogP contribution >= 0.6 is 0 Å². The van der Waals surface area contributed by atoms with E-state index in [1.54, 1.807) is 42.5 Å². The van der Waals surface area contributed by atoms with Crippen molar-refractivity contribution < 1.29 is 33.3 Å². The first kappa shape index (κ1) is 27.1. The summed E-state index contributed by atoms with van der Waals surface area (Å²) in [6, 6.07) is 11.9. The topological polar surface area (TPSA) is 137 Å². The van der Waals surface area contributed by atoms with E-state index in [0.29, 0.717) is 42.6 Å². The van der Waals surface area contributed by atoms with Crippen LogP contribution in [0.2, 0.25) is 0 Å². The number of rotatable bonds is 13. The zero-order valence-electron chi connectivity index (χ0n) is 20.0. The van der Waals surface area contributed by atoms with Gasteiger partial charge in [-0.05, 0) is 61.9 Å². The first-order valence-electron chi connectivity index (χ1n) is 11.0. The third-order valence-corrected chi connectivity index (χ3v) is 4.25. The number of amides is 3. The summed E-state index contributed by atoms with van der Waals surface area (Å²) in [6.07, 6.45) is 1.35. The molecule has 0 aromatic heterocycles. The molecule has 2 rings (SSSR count). The second-order valence-corrected chi connectivity index (χ2v) is 6.88. The number of anilines is 1. The van der Waals surface area contributed by atoms with Crippen LogP contribution in [0.15, 0.2) is 47.6 Å². The molecule has 2 aromatic rings. The predicted octanol–water partition coefficient (Wildman–Crippen LogP) is 1.71. The van der Waals surface area contributed by atoms with Crippen LogP contribution in [0.5, 0.6) is 17.2 Å². The Bertz CT molecular complexity index is 1010. The average Bonchev–Trinajstić information content (AvgIpc) is 2.85. The summed E-state index contributed by atoms with van der Waals surface area (Å²) in [6.45, 7) is 4.92. The van der Waals surface area contributed by atoms with Crippen LogP contribution in [0.3, 0.4) is 0 Å². The van der Waals surface area contributed by atoms with Crippen LogP contribution in [0.25, 0.3) is 0 Å². The zero-order valence-corrected chi connectivity index (χ0v) is 20.0. The van der Waals surface area contributed by atoms with E-state index in [1.807, 2.05) is 13.8 Å². The Labute approximate surface area is 203 Å². The Morgan fingerprint density at radius 3 is 2.34 bits per heavy atom. The third-order valence-electron chi connectivity index (χ3n) is 4.25. The van der Waals surface area contributed by atoms with E-state index in [4.69, 9.17) is 18.9 Å². The minimum atomic E-state index is -0.902. The van der Waals surface area contributed by atoms with E-state index in [9.17, 15) is 14.4 Å². The van der Waals surface area contributed by atoms with Gasteiger partial charge in [0.25, 0.3) is 5.91 Å². The van der Waals surface area contributed by atoms with Crippen LogP contribution in [0.4, 0.5) is 5.69 Å². The number of hydrogen-bond donors (Lipinski definition) is 3. The molecular formula is C24H30N4O7. The SMILES string of the molecule is CCOc1ccc(NC(=O)COc2ccc(/C=N\NC(=O)C(=O)NCCOC)cc2OCC)cc1. The molecule has 3 amide bonds. The van der Waals surface area contributed by atoms with Crippen molar-refractivity contribution in [3.8, 4) is 17.2 Å². The van der Waals surface area contributed by atoms with Gasteiger partial charge in [0.05, 0.1) is 26.0 Å². The Morgan fingerprint density at radius 1 is 0.914 bits per heavy atom. The number of hydrazone groups is 1. The van der Waals surface area contributed by atoms with Gasteiger partial charge in [-0.15, -0.1) is 0 Å². The van der Waals surface area contributed by atoms with Crippen molar-refractivity contribution in [2.45, 2.75) is 13.8 Å². The highest BCUT2D eigenvalue weighted by Crippen LogP contribution is 2.28.